The molecular weight excluding hydrogens is 296 g/mol. The highest BCUT2D eigenvalue weighted by Crippen LogP contribution is 2.11. The number of hydrogen-bond donors (Lipinski definition) is 2. The van der Waals surface area contributed by atoms with Crippen molar-refractivity contribution in [2.45, 2.75) is 32.9 Å². The van der Waals surface area contributed by atoms with E-state index in [0.717, 1.165) is 11.4 Å². The molecule has 0 bridgehead atoms. The van der Waals surface area contributed by atoms with Gasteiger partial charge in [-0.1, -0.05) is 12.1 Å². The van der Waals surface area contributed by atoms with Crippen molar-refractivity contribution in [1.29, 1.82) is 0 Å². The number of amides is 1. The SMILES string of the molecule is Cc1cc(C[C@@H](C)NC(=O)Cn2c(=O)oc3ccccc32)n[nH]1. The third-order valence-electron chi connectivity index (χ3n) is 3.56. The Morgan fingerprint density at radius 2 is 2.22 bits per heavy atom. The van der Waals surface area contributed by atoms with Crippen molar-refractivity contribution >= 4 is 17.0 Å². The van der Waals surface area contributed by atoms with Crippen LogP contribution in [0, 0.1) is 6.92 Å². The molecule has 0 aliphatic carbocycles. The molecule has 0 aliphatic rings. The van der Waals surface area contributed by atoms with Crippen LogP contribution in [0.4, 0.5) is 0 Å². The van der Waals surface area contributed by atoms with E-state index in [9.17, 15) is 9.59 Å². The van der Waals surface area contributed by atoms with E-state index in [2.05, 4.69) is 15.5 Å². The third-order valence-corrected chi connectivity index (χ3v) is 3.56. The molecule has 3 aromatic rings. The maximum absolute atomic E-state index is 12.2. The summed E-state index contributed by atoms with van der Waals surface area (Å²) in [6, 6.07) is 8.89. The van der Waals surface area contributed by atoms with E-state index in [-0.39, 0.29) is 18.5 Å². The fourth-order valence-electron chi connectivity index (χ4n) is 2.57. The van der Waals surface area contributed by atoms with Gasteiger partial charge in [0.1, 0.15) is 6.54 Å². The molecular formula is C16H18N4O3. The Balaban J connectivity index is 1.66. The number of aromatic amines is 1. The number of fused-ring (bicyclic) bond motifs is 1. The van der Waals surface area contributed by atoms with Crippen molar-refractivity contribution < 1.29 is 9.21 Å². The molecule has 7 nitrogen and oxygen atoms in total. The summed E-state index contributed by atoms with van der Waals surface area (Å²) in [4.78, 5) is 24.0. The first-order valence-corrected chi connectivity index (χ1v) is 7.41. The Morgan fingerprint density at radius 1 is 1.43 bits per heavy atom. The first-order chi connectivity index (χ1) is 11.0. The monoisotopic (exact) mass is 314 g/mol. The lowest BCUT2D eigenvalue weighted by Crippen LogP contribution is -2.37. The number of nitrogens with zero attached hydrogens (tertiary/aromatic N) is 2. The van der Waals surface area contributed by atoms with Gasteiger partial charge in [0.15, 0.2) is 5.58 Å². The summed E-state index contributed by atoms with van der Waals surface area (Å²) in [6.45, 7) is 3.76. The smallest absolute Gasteiger partial charge is 0.408 e. The standard InChI is InChI=1S/C16H18N4O3/c1-10(7-12-8-11(2)18-19-12)17-15(21)9-20-13-5-3-4-6-14(13)23-16(20)22/h3-6,8,10H,7,9H2,1-2H3,(H,17,21)(H,18,19)/t10-/m1/s1. The van der Waals surface area contributed by atoms with Gasteiger partial charge in [-0.05, 0) is 32.0 Å². The van der Waals surface area contributed by atoms with Gasteiger partial charge < -0.3 is 9.73 Å². The Kier molecular flexibility index (Phi) is 4.01. The average molecular weight is 314 g/mol. The minimum atomic E-state index is -0.531. The van der Waals surface area contributed by atoms with Gasteiger partial charge in [-0.25, -0.2) is 4.79 Å². The molecule has 3 rings (SSSR count). The number of H-pyrrole nitrogens is 1. The van der Waals surface area contributed by atoms with E-state index < -0.39 is 5.76 Å². The van der Waals surface area contributed by atoms with Crippen LogP contribution in [0.2, 0.25) is 0 Å². The van der Waals surface area contributed by atoms with Crippen molar-refractivity contribution in [3.05, 3.63) is 52.3 Å². The summed E-state index contributed by atoms with van der Waals surface area (Å²) in [6.07, 6.45) is 0.622. The zero-order chi connectivity index (χ0) is 16.4. The molecule has 7 heteroatoms. The van der Waals surface area contributed by atoms with Crippen molar-refractivity contribution in [3.8, 4) is 0 Å². The second-order valence-electron chi connectivity index (χ2n) is 5.64. The number of aromatic nitrogens is 3. The number of oxazole rings is 1. The van der Waals surface area contributed by atoms with Crippen molar-refractivity contribution in [2.24, 2.45) is 0 Å². The minimum Gasteiger partial charge on any atom is -0.408 e. The number of aryl methyl sites for hydroxylation is 1. The topological polar surface area (TPSA) is 92.9 Å². The summed E-state index contributed by atoms with van der Waals surface area (Å²) in [7, 11) is 0. The molecule has 1 atom stereocenters. The van der Waals surface area contributed by atoms with Crippen LogP contribution in [-0.4, -0.2) is 26.7 Å². The lowest BCUT2D eigenvalue weighted by Gasteiger charge is -2.12. The first-order valence-electron chi connectivity index (χ1n) is 7.41. The fourth-order valence-corrected chi connectivity index (χ4v) is 2.57. The second-order valence-corrected chi connectivity index (χ2v) is 5.64. The minimum absolute atomic E-state index is 0.0697. The lowest BCUT2D eigenvalue weighted by atomic mass is 10.2. The summed E-state index contributed by atoms with van der Waals surface area (Å²) >= 11 is 0. The summed E-state index contributed by atoms with van der Waals surface area (Å²) in [5.41, 5.74) is 2.96. The molecule has 2 aromatic heterocycles. The van der Waals surface area contributed by atoms with Crippen LogP contribution in [0.15, 0.2) is 39.5 Å². The zero-order valence-corrected chi connectivity index (χ0v) is 13.0. The van der Waals surface area contributed by atoms with E-state index in [1.54, 1.807) is 24.3 Å². The van der Waals surface area contributed by atoms with E-state index in [4.69, 9.17) is 4.42 Å². The number of carbonyl (C=O) groups excluding carboxylic acids is 1. The van der Waals surface area contributed by atoms with Gasteiger partial charge in [0.05, 0.1) is 11.2 Å². The van der Waals surface area contributed by atoms with Crippen LogP contribution in [-0.2, 0) is 17.8 Å². The maximum atomic E-state index is 12.2. The molecule has 0 radical (unpaired) electrons. The number of para-hydroxylation sites is 2. The second kappa shape index (κ2) is 6.12. The maximum Gasteiger partial charge on any atom is 0.420 e. The summed E-state index contributed by atoms with van der Waals surface area (Å²) in [5.74, 6) is -0.768. The van der Waals surface area contributed by atoms with Gasteiger partial charge in [0, 0.05) is 18.2 Å². The molecule has 1 amide bonds. The number of benzene rings is 1. The summed E-state index contributed by atoms with van der Waals surface area (Å²) in [5, 5.41) is 9.89. The van der Waals surface area contributed by atoms with Crippen LogP contribution >= 0.6 is 0 Å². The molecule has 0 saturated heterocycles. The predicted octanol–water partition coefficient (Wildman–Crippen LogP) is 1.37. The fraction of sp³-hybridized carbons (Fsp3) is 0.312. The van der Waals surface area contributed by atoms with E-state index in [1.807, 2.05) is 19.9 Å². The molecule has 0 spiro atoms. The lowest BCUT2D eigenvalue weighted by molar-refractivity contribution is -0.122. The molecule has 1 aromatic carbocycles. The molecule has 0 aliphatic heterocycles. The van der Waals surface area contributed by atoms with Crippen LogP contribution < -0.4 is 11.1 Å². The number of carbonyl (C=O) groups is 1. The number of hydrogen-bond acceptors (Lipinski definition) is 4. The third kappa shape index (κ3) is 3.33. The molecule has 2 heterocycles. The molecule has 0 fully saturated rings. The molecule has 0 unspecified atom stereocenters. The van der Waals surface area contributed by atoms with Gasteiger partial charge in [-0.3, -0.25) is 14.5 Å². The highest BCUT2D eigenvalue weighted by molar-refractivity contribution is 5.79. The predicted molar refractivity (Wildman–Crippen MR) is 85.1 cm³/mol. The molecule has 2 N–H and O–H groups in total. The van der Waals surface area contributed by atoms with Gasteiger partial charge >= 0.3 is 5.76 Å². The first kappa shape index (κ1) is 15.1. The van der Waals surface area contributed by atoms with Crippen molar-refractivity contribution in [1.82, 2.24) is 20.1 Å². The van der Waals surface area contributed by atoms with E-state index in [1.165, 1.54) is 4.57 Å². The molecule has 120 valence electrons. The van der Waals surface area contributed by atoms with Gasteiger partial charge in [-0.2, -0.15) is 5.10 Å². The van der Waals surface area contributed by atoms with Crippen LogP contribution in [0.5, 0.6) is 0 Å². The van der Waals surface area contributed by atoms with Crippen LogP contribution in [0.25, 0.3) is 11.1 Å². The van der Waals surface area contributed by atoms with Crippen LogP contribution in [0.3, 0.4) is 0 Å². The largest absolute Gasteiger partial charge is 0.420 e. The Bertz CT molecular complexity index is 890. The Morgan fingerprint density at radius 3 is 2.96 bits per heavy atom. The Hall–Kier alpha value is -2.83. The van der Waals surface area contributed by atoms with Crippen molar-refractivity contribution in [2.75, 3.05) is 0 Å². The molecule has 23 heavy (non-hydrogen) atoms. The van der Waals surface area contributed by atoms with Crippen LogP contribution in [0.1, 0.15) is 18.3 Å². The van der Waals surface area contributed by atoms with Crippen molar-refractivity contribution in [3.63, 3.8) is 0 Å². The highest BCUT2D eigenvalue weighted by atomic mass is 16.4. The number of rotatable bonds is 5. The van der Waals surface area contributed by atoms with Gasteiger partial charge in [0.25, 0.3) is 0 Å². The van der Waals surface area contributed by atoms with Gasteiger partial charge in [-0.15, -0.1) is 0 Å². The Labute approximate surface area is 132 Å². The highest BCUT2D eigenvalue weighted by Gasteiger charge is 2.14. The summed E-state index contributed by atoms with van der Waals surface area (Å²) < 4.78 is 6.45. The normalized spacial score (nSPS) is 12.4. The van der Waals surface area contributed by atoms with E-state index >= 15 is 0 Å². The zero-order valence-electron chi connectivity index (χ0n) is 13.0. The number of nitrogens with one attached hydrogen (secondary N) is 2. The quantitative estimate of drug-likeness (QED) is 0.744. The molecule has 0 saturated carbocycles. The van der Waals surface area contributed by atoms with Gasteiger partial charge in [0.2, 0.25) is 5.91 Å². The average Bonchev–Trinajstić information content (AvgIpc) is 3.03. The van der Waals surface area contributed by atoms with E-state index in [0.29, 0.717) is 17.5 Å².